The molecule has 144 valence electrons. The van der Waals surface area contributed by atoms with Gasteiger partial charge in [-0.2, -0.15) is 0 Å². The number of nitrogens with zero attached hydrogens (tertiary/aromatic N) is 1. The first-order valence-corrected chi connectivity index (χ1v) is 9.05. The Hall–Kier alpha value is -1.79. The van der Waals surface area contributed by atoms with Gasteiger partial charge in [0.2, 0.25) is 11.8 Å². The molecular weight excluding hydrogens is 354 g/mol. The molecule has 2 heterocycles. The van der Waals surface area contributed by atoms with Crippen LogP contribution in [0.15, 0.2) is 24.3 Å². The molecule has 1 aromatic rings. The van der Waals surface area contributed by atoms with Gasteiger partial charge in [-0.15, -0.1) is 12.4 Å². The summed E-state index contributed by atoms with van der Waals surface area (Å²) in [6.45, 7) is 3.78. The quantitative estimate of drug-likeness (QED) is 0.785. The maximum Gasteiger partial charge on any atom is 0.225 e. The Kier molecular flexibility index (Phi) is 7.72. The molecule has 0 radical (unpaired) electrons. The van der Waals surface area contributed by atoms with Crippen molar-refractivity contribution in [3.05, 3.63) is 29.8 Å². The highest BCUT2D eigenvalue weighted by atomic mass is 35.5. The first kappa shape index (κ1) is 20.5. The maximum absolute atomic E-state index is 12.4. The number of carbonyl (C=O) groups excluding carboxylic acids is 2. The summed E-state index contributed by atoms with van der Waals surface area (Å²) >= 11 is 0. The lowest BCUT2D eigenvalue weighted by molar-refractivity contribution is -0.129. The van der Waals surface area contributed by atoms with Crippen LogP contribution in [0.4, 0.5) is 0 Å². The van der Waals surface area contributed by atoms with Crippen LogP contribution in [0.1, 0.15) is 24.8 Å². The van der Waals surface area contributed by atoms with Gasteiger partial charge < -0.3 is 20.3 Å². The number of rotatable bonds is 6. The largest absolute Gasteiger partial charge is 0.497 e. The van der Waals surface area contributed by atoms with Crippen molar-refractivity contribution in [2.24, 2.45) is 11.8 Å². The number of piperidine rings is 1. The van der Waals surface area contributed by atoms with E-state index in [4.69, 9.17) is 4.74 Å². The third kappa shape index (κ3) is 5.35. The van der Waals surface area contributed by atoms with E-state index in [1.54, 1.807) is 12.0 Å². The van der Waals surface area contributed by atoms with Gasteiger partial charge in [-0.25, -0.2) is 0 Å². The van der Waals surface area contributed by atoms with Gasteiger partial charge in [0.05, 0.1) is 13.0 Å². The molecule has 6 nitrogen and oxygen atoms in total. The second-order valence-electron chi connectivity index (χ2n) is 6.98. The van der Waals surface area contributed by atoms with Gasteiger partial charge in [0, 0.05) is 26.1 Å². The molecule has 0 bridgehead atoms. The van der Waals surface area contributed by atoms with E-state index in [1.807, 2.05) is 24.3 Å². The summed E-state index contributed by atoms with van der Waals surface area (Å²) in [6.07, 6.45) is 2.63. The molecule has 2 atom stereocenters. The summed E-state index contributed by atoms with van der Waals surface area (Å²) in [5.74, 6) is 1.13. The number of hydrogen-bond acceptors (Lipinski definition) is 4. The van der Waals surface area contributed by atoms with Gasteiger partial charge in [0.15, 0.2) is 0 Å². The highest BCUT2D eigenvalue weighted by Gasteiger charge is 2.34. The zero-order valence-electron chi connectivity index (χ0n) is 15.2. The topological polar surface area (TPSA) is 70.7 Å². The van der Waals surface area contributed by atoms with E-state index in [0.29, 0.717) is 32.0 Å². The molecular formula is C19H28ClN3O3. The first-order chi connectivity index (χ1) is 12.2. The third-order valence-corrected chi connectivity index (χ3v) is 5.08. The molecule has 0 saturated carbocycles. The summed E-state index contributed by atoms with van der Waals surface area (Å²) < 4.78 is 5.15. The minimum absolute atomic E-state index is 0. The number of ether oxygens (including phenoxy) is 1. The Balaban J connectivity index is 0.00000243. The number of carbonyl (C=O) groups is 2. The average Bonchev–Trinajstić information content (AvgIpc) is 3.02. The molecule has 26 heavy (non-hydrogen) atoms. The van der Waals surface area contributed by atoms with E-state index in [0.717, 1.165) is 37.2 Å². The molecule has 0 aliphatic carbocycles. The number of amides is 2. The van der Waals surface area contributed by atoms with Crippen molar-refractivity contribution in [2.45, 2.75) is 25.8 Å². The standard InChI is InChI=1S/C19H27N3O3.ClH/c1-25-17-6-4-14(5-7-17)12-22-13-16(9-18(22)23)19(24)21-11-15-3-2-8-20-10-15;/h4-7,15-16,20H,2-3,8-13H2,1H3,(H,21,24);1H. The molecule has 2 aliphatic heterocycles. The predicted octanol–water partition coefficient (Wildman–Crippen LogP) is 1.58. The van der Waals surface area contributed by atoms with E-state index < -0.39 is 0 Å². The van der Waals surface area contributed by atoms with Crippen molar-refractivity contribution >= 4 is 24.2 Å². The lowest BCUT2D eigenvalue weighted by Gasteiger charge is -2.23. The zero-order chi connectivity index (χ0) is 17.6. The predicted molar refractivity (Wildman–Crippen MR) is 102 cm³/mol. The number of likely N-dealkylation sites (tertiary alicyclic amines) is 1. The second-order valence-corrected chi connectivity index (χ2v) is 6.98. The van der Waals surface area contributed by atoms with Crippen LogP contribution >= 0.6 is 12.4 Å². The van der Waals surface area contributed by atoms with E-state index >= 15 is 0 Å². The SMILES string of the molecule is COc1ccc(CN2CC(C(=O)NCC3CCCNC3)CC2=O)cc1.Cl. The van der Waals surface area contributed by atoms with E-state index in [9.17, 15) is 9.59 Å². The number of hydrogen-bond donors (Lipinski definition) is 2. The van der Waals surface area contributed by atoms with Crippen LogP contribution < -0.4 is 15.4 Å². The Bertz CT molecular complexity index is 603. The zero-order valence-corrected chi connectivity index (χ0v) is 16.0. The molecule has 0 spiro atoms. The van der Waals surface area contributed by atoms with Gasteiger partial charge in [0.25, 0.3) is 0 Å². The van der Waals surface area contributed by atoms with Crippen molar-refractivity contribution in [3.8, 4) is 5.75 Å². The fourth-order valence-corrected chi connectivity index (χ4v) is 3.54. The highest BCUT2D eigenvalue weighted by Crippen LogP contribution is 2.21. The number of halogens is 1. The van der Waals surface area contributed by atoms with Crippen LogP contribution in [-0.2, 0) is 16.1 Å². The van der Waals surface area contributed by atoms with E-state index in [-0.39, 0.29) is 30.1 Å². The number of nitrogens with one attached hydrogen (secondary N) is 2. The van der Waals surface area contributed by atoms with Gasteiger partial charge in [-0.05, 0) is 49.5 Å². The van der Waals surface area contributed by atoms with Crippen LogP contribution in [0.5, 0.6) is 5.75 Å². The van der Waals surface area contributed by atoms with Crippen LogP contribution in [0, 0.1) is 11.8 Å². The summed E-state index contributed by atoms with van der Waals surface area (Å²) in [5.41, 5.74) is 1.04. The molecule has 2 saturated heterocycles. The summed E-state index contributed by atoms with van der Waals surface area (Å²) in [5, 5.41) is 6.40. The maximum atomic E-state index is 12.4. The lowest BCUT2D eigenvalue weighted by Crippen LogP contribution is -2.40. The molecule has 1 aromatic carbocycles. The Labute approximate surface area is 161 Å². The van der Waals surface area contributed by atoms with Gasteiger partial charge in [-0.1, -0.05) is 12.1 Å². The second kappa shape index (κ2) is 9.78. The molecule has 2 amide bonds. The van der Waals surface area contributed by atoms with Gasteiger partial charge in [0.1, 0.15) is 5.75 Å². The molecule has 2 N–H and O–H groups in total. The Morgan fingerprint density at radius 1 is 1.35 bits per heavy atom. The van der Waals surface area contributed by atoms with Gasteiger partial charge in [-0.3, -0.25) is 9.59 Å². The van der Waals surface area contributed by atoms with Crippen LogP contribution in [0.2, 0.25) is 0 Å². The van der Waals surface area contributed by atoms with Crippen molar-refractivity contribution in [2.75, 3.05) is 33.3 Å². The monoisotopic (exact) mass is 381 g/mol. The third-order valence-electron chi connectivity index (χ3n) is 5.08. The summed E-state index contributed by atoms with van der Waals surface area (Å²) in [7, 11) is 1.63. The van der Waals surface area contributed by atoms with Crippen LogP contribution in [0.25, 0.3) is 0 Å². The smallest absolute Gasteiger partial charge is 0.225 e. The molecule has 2 unspecified atom stereocenters. The lowest BCUT2D eigenvalue weighted by atomic mass is 9.99. The van der Waals surface area contributed by atoms with Crippen LogP contribution in [0.3, 0.4) is 0 Å². The fraction of sp³-hybridized carbons (Fsp3) is 0.579. The van der Waals surface area contributed by atoms with E-state index in [2.05, 4.69) is 10.6 Å². The minimum atomic E-state index is -0.234. The Morgan fingerprint density at radius 2 is 2.12 bits per heavy atom. The highest BCUT2D eigenvalue weighted by molar-refractivity contribution is 5.89. The van der Waals surface area contributed by atoms with Crippen molar-refractivity contribution in [3.63, 3.8) is 0 Å². The number of benzene rings is 1. The normalized spacial score (nSPS) is 22.7. The molecule has 7 heteroatoms. The summed E-state index contributed by atoms with van der Waals surface area (Å²) in [6, 6.07) is 7.68. The summed E-state index contributed by atoms with van der Waals surface area (Å²) in [4.78, 5) is 26.4. The first-order valence-electron chi connectivity index (χ1n) is 9.05. The van der Waals surface area contributed by atoms with Crippen molar-refractivity contribution in [1.29, 1.82) is 0 Å². The molecule has 3 rings (SSSR count). The molecule has 2 aliphatic rings. The molecule has 0 aromatic heterocycles. The van der Waals surface area contributed by atoms with Crippen molar-refractivity contribution < 1.29 is 14.3 Å². The Morgan fingerprint density at radius 3 is 2.77 bits per heavy atom. The fourth-order valence-electron chi connectivity index (χ4n) is 3.54. The van der Waals surface area contributed by atoms with Crippen molar-refractivity contribution in [1.82, 2.24) is 15.5 Å². The van der Waals surface area contributed by atoms with E-state index in [1.165, 1.54) is 0 Å². The average molecular weight is 382 g/mol. The van der Waals surface area contributed by atoms with Gasteiger partial charge >= 0.3 is 0 Å². The van der Waals surface area contributed by atoms with Crippen LogP contribution in [-0.4, -0.2) is 50.0 Å². The number of methoxy groups -OCH3 is 1. The minimum Gasteiger partial charge on any atom is -0.497 e. The molecule has 2 fully saturated rings.